The number of carbonyl (C=O) groups is 8. The van der Waals surface area contributed by atoms with Crippen molar-refractivity contribution < 1.29 is 85.7 Å². The maximum atomic E-state index is 12.3. The van der Waals surface area contributed by atoms with Crippen molar-refractivity contribution in [1.82, 2.24) is 5.32 Å². The molecule has 264 valence electrons. The predicted molar refractivity (Wildman–Crippen MR) is 147 cm³/mol. The first-order chi connectivity index (χ1) is 21.9. The van der Waals surface area contributed by atoms with Crippen LogP contribution in [0.3, 0.4) is 0 Å². The topological polar surface area (TPSA) is 241 Å². The Balaban J connectivity index is 2.73. The van der Waals surface area contributed by atoms with Crippen LogP contribution in [-0.4, -0.2) is 122 Å². The van der Waals surface area contributed by atoms with Crippen molar-refractivity contribution in [2.75, 3.05) is 13.2 Å². The molecule has 19 nitrogen and oxygen atoms in total. The van der Waals surface area contributed by atoms with E-state index in [4.69, 9.17) is 47.4 Å². The van der Waals surface area contributed by atoms with Crippen molar-refractivity contribution in [2.24, 2.45) is 0 Å². The van der Waals surface area contributed by atoms with Crippen molar-refractivity contribution in [3.05, 3.63) is 0 Å². The van der Waals surface area contributed by atoms with E-state index in [0.717, 1.165) is 55.4 Å². The van der Waals surface area contributed by atoms with Gasteiger partial charge in [0.05, 0.1) is 0 Å². The van der Waals surface area contributed by atoms with Gasteiger partial charge in [-0.05, 0) is 0 Å². The second-order valence-corrected chi connectivity index (χ2v) is 10.4. The fourth-order valence-corrected chi connectivity index (χ4v) is 4.84. The van der Waals surface area contributed by atoms with Gasteiger partial charge in [0.1, 0.15) is 37.6 Å². The molecule has 1 N–H and O–H groups in total. The molecular formula is C28H39NO18. The molecule has 2 saturated heterocycles. The van der Waals surface area contributed by atoms with Crippen LogP contribution in [0.15, 0.2) is 0 Å². The van der Waals surface area contributed by atoms with E-state index < -0.39 is 122 Å². The van der Waals surface area contributed by atoms with Gasteiger partial charge in [0, 0.05) is 55.4 Å². The average molecular weight is 678 g/mol. The average Bonchev–Trinajstić information content (AvgIpc) is 2.91. The van der Waals surface area contributed by atoms with Crippen LogP contribution >= 0.6 is 0 Å². The van der Waals surface area contributed by atoms with Gasteiger partial charge >= 0.3 is 41.8 Å². The summed E-state index contributed by atoms with van der Waals surface area (Å²) in [7, 11) is 0. The van der Waals surface area contributed by atoms with Gasteiger partial charge in [-0.25, -0.2) is 0 Å². The Morgan fingerprint density at radius 1 is 0.468 bits per heavy atom. The first kappa shape index (κ1) is 38.8. The first-order valence-electron chi connectivity index (χ1n) is 14.3. The standard InChI is InChI=1S/C28H39NO18/c1-11(30)29-21-24(41-15(5)34)22(19(9-38-12(2)31)45-27(21)44-18(8)37)47-28-26(43-17(7)36)25(42-16(6)35)23(40-14(4)33)20(46-28)10-39-13(3)32/h19-28H,9-10H2,1-8H3,(H,29,30)/t19?,20?,21?,22-,23+,24-,25+,26?,27-,28+/m1/s1. The van der Waals surface area contributed by atoms with Crippen LogP contribution in [0.5, 0.6) is 0 Å². The van der Waals surface area contributed by atoms with E-state index in [9.17, 15) is 38.4 Å². The van der Waals surface area contributed by atoms with Gasteiger partial charge in [-0.1, -0.05) is 0 Å². The summed E-state index contributed by atoms with van der Waals surface area (Å²) < 4.78 is 55.2. The van der Waals surface area contributed by atoms with Crippen LogP contribution in [0, 0.1) is 0 Å². The molecule has 0 radical (unpaired) electrons. The van der Waals surface area contributed by atoms with Crippen molar-refractivity contribution in [2.45, 2.75) is 117 Å². The molecule has 2 aliphatic heterocycles. The van der Waals surface area contributed by atoms with E-state index >= 15 is 0 Å². The van der Waals surface area contributed by atoms with Gasteiger partial charge in [0.15, 0.2) is 30.7 Å². The number of amides is 1. The zero-order valence-corrected chi connectivity index (χ0v) is 27.0. The van der Waals surface area contributed by atoms with Gasteiger partial charge in [-0.3, -0.25) is 38.4 Å². The monoisotopic (exact) mass is 677 g/mol. The molecule has 0 aromatic carbocycles. The summed E-state index contributed by atoms with van der Waals surface area (Å²) in [5.74, 6) is -6.64. The number of hydrogen-bond acceptors (Lipinski definition) is 18. The summed E-state index contributed by atoms with van der Waals surface area (Å²) in [5.41, 5.74) is 0. The zero-order chi connectivity index (χ0) is 35.6. The second kappa shape index (κ2) is 17.5. The Bertz CT molecular complexity index is 1200. The first-order valence-corrected chi connectivity index (χ1v) is 14.3. The highest BCUT2D eigenvalue weighted by Crippen LogP contribution is 2.34. The van der Waals surface area contributed by atoms with E-state index in [1.54, 1.807) is 0 Å². The lowest BCUT2D eigenvalue weighted by Gasteiger charge is -2.48. The predicted octanol–water partition coefficient (Wildman–Crippen LogP) is -1.26. The van der Waals surface area contributed by atoms with Gasteiger partial charge in [0.2, 0.25) is 12.2 Å². The molecule has 0 spiro atoms. The quantitative estimate of drug-likeness (QED) is 0.187. The fraction of sp³-hybridized carbons (Fsp3) is 0.714. The minimum Gasteiger partial charge on any atom is -0.463 e. The molecule has 0 saturated carbocycles. The summed E-state index contributed by atoms with van der Waals surface area (Å²) in [6, 6.07) is -1.43. The Labute approximate surface area is 269 Å². The van der Waals surface area contributed by atoms with Crippen molar-refractivity contribution in [3.63, 3.8) is 0 Å². The van der Waals surface area contributed by atoms with E-state index in [1.165, 1.54) is 0 Å². The van der Waals surface area contributed by atoms with Crippen LogP contribution in [0.2, 0.25) is 0 Å². The lowest BCUT2D eigenvalue weighted by atomic mass is 9.94. The van der Waals surface area contributed by atoms with Crippen LogP contribution in [0.25, 0.3) is 0 Å². The number of rotatable bonds is 12. The molecule has 0 aromatic rings. The largest absolute Gasteiger partial charge is 0.463 e. The van der Waals surface area contributed by atoms with E-state index in [1.807, 2.05) is 0 Å². The summed E-state index contributed by atoms with van der Waals surface area (Å²) in [5, 5.41) is 2.48. The molecule has 4 unspecified atom stereocenters. The number of esters is 7. The lowest BCUT2D eigenvalue weighted by molar-refractivity contribution is -0.348. The third kappa shape index (κ3) is 12.1. The van der Waals surface area contributed by atoms with Crippen LogP contribution < -0.4 is 5.32 Å². The lowest BCUT2D eigenvalue weighted by Crippen LogP contribution is -2.69. The van der Waals surface area contributed by atoms with Gasteiger partial charge < -0.3 is 52.7 Å². The maximum Gasteiger partial charge on any atom is 0.305 e. The van der Waals surface area contributed by atoms with Gasteiger partial charge in [-0.2, -0.15) is 0 Å². The Hall–Kier alpha value is -4.36. The molecule has 2 aliphatic rings. The maximum absolute atomic E-state index is 12.3. The Morgan fingerprint density at radius 3 is 1.32 bits per heavy atom. The SMILES string of the molecule is CC(=O)NC1[C@H](OC(C)=O)OC(COC(C)=O)[C@@H](O[C@@H]2OC(COC(C)=O)[C@H](OC(C)=O)[C@H](OC(C)=O)C2OC(C)=O)[C@@H]1OC(C)=O. The van der Waals surface area contributed by atoms with E-state index in [0.29, 0.717) is 0 Å². The molecule has 0 aromatic heterocycles. The second-order valence-electron chi connectivity index (χ2n) is 10.4. The number of ether oxygens (including phenoxy) is 10. The number of carbonyl (C=O) groups excluding carboxylic acids is 8. The molecule has 0 aliphatic carbocycles. The van der Waals surface area contributed by atoms with Crippen molar-refractivity contribution in [3.8, 4) is 0 Å². The van der Waals surface area contributed by atoms with E-state index in [2.05, 4.69) is 5.32 Å². The van der Waals surface area contributed by atoms with Crippen molar-refractivity contribution >= 4 is 47.7 Å². The summed E-state index contributed by atoms with van der Waals surface area (Å²) >= 11 is 0. The molecule has 10 atom stereocenters. The smallest absolute Gasteiger partial charge is 0.305 e. The Kier molecular flexibility index (Phi) is 14.5. The summed E-state index contributed by atoms with van der Waals surface area (Å²) in [6.07, 6.45) is -14.2. The third-order valence-corrected chi connectivity index (χ3v) is 6.29. The zero-order valence-electron chi connectivity index (χ0n) is 27.0. The highest BCUT2D eigenvalue weighted by molar-refractivity contribution is 5.74. The highest BCUT2D eigenvalue weighted by atomic mass is 16.8. The molecule has 1 amide bonds. The van der Waals surface area contributed by atoms with Gasteiger partial charge in [-0.15, -0.1) is 0 Å². The molecule has 2 fully saturated rings. The van der Waals surface area contributed by atoms with Crippen LogP contribution in [-0.2, 0) is 85.7 Å². The van der Waals surface area contributed by atoms with E-state index in [-0.39, 0.29) is 0 Å². The van der Waals surface area contributed by atoms with Gasteiger partial charge in [0.25, 0.3) is 0 Å². The minimum absolute atomic E-state index is 0.577. The fourth-order valence-electron chi connectivity index (χ4n) is 4.84. The molecule has 2 heterocycles. The number of hydrogen-bond donors (Lipinski definition) is 1. The molecular weight excluding hydrogens is 638 g/mol. The molecule has 19 heteroatoms. The van der Waals surface area contributed by atoms with Crippen LogP contribution in [0.4, 0.5) is 0 Å². The molecule has 47 heavy (non-hydrogen) atoms. The van der Waals surface area contributed by atoms with Crippen molar-refractivity contribution in [1.29, 1.82) is 0 Å². The summed E-state index contributed by atoms with van der Waals surface area (Å²) in [4.78, 5) is 96.5. The van der Waals surface area contributed by atoms with Crippen LogP contribution in [0.1, 0.15) is 55.4 Å². The minimum atomic E-state index is -1.80. The normalized spacial score (nSPS) is 30.0. The Morgan fingerprint density at radius 2 is 0.872 bits per heavy atom. The number of nitrogens with one attached hydrogen (secondary N) is 1. The highest BCUT2D eigenvalue weighted by Gasteiger charge is 2.57. The molecule has 2 rings (SSSR count). The summed E-state index contributed by atoms with van der Waals surface area (Å²) in [6.45, 7) is 7.30. The third-order valence-electron chi connectivity index (χ3n) is 6.29. The molecule has 0 bridgehead atoms.